The summed E-state index contributed by atoms with van der Waals surface area (Å²) in [6, 6.07) is 8.50. The molecule has 1 aromatic heterocycles. The first-order chi connectivity index (χ1) is 6.79. The van der Waals surface area contributed by atoms with Crippen LogP contribution in [0.1, 0.15) is 12.1 Å². The van der Waals surface area contributed by atoms with E-state index in [2.05, 4.69) is 57.8 Å². The van der Waals surface area contributed by atoms with Gasteiger partial charge >= 0.3 is 0 Å². The second-order valence-corrected chi connectivity index (χ2v) is 4.72. The van der Waals surface area contributed by atoms with Crippen LogP contribution in [0.25, 0.3) is 10.9 Å². The molecule has 0 atom stereocenters. The van der Waals surface area contributed by atoms with Crippen molar-refractivity contribution in [1.82, 2.24) is 4.98 Å². The summed E-state index contributed by atoms with van der Waals surface area (Å²) in [4.78, 5) is 3.40. The lowest BCUT2D eigenvalue weighted by Crippen LogP contribution is -1.84. The standard InChI is InChI=1S/C11H12BrNS/c12-9-3-4-11-8(6-9)7-10(13-11)2-1-5-14/h3-4,6-7,13-14H,1-2,5H2. The Morgan fingerprint density at radius 1 is 1.29 bits per heavy atom. The molecule has 2 rings (SSSR count). The van der Waals surface area contributed by atoms with E-state index in [0.717, 1.165) is 23.1 Å². The molecular weight excluding hydrogens is 258 g/mol. The lowest BCUT2D eigenvalue weighted by molar-refractivity contribution is 0.909. The van der Waals surface area contributed by atoms with Crippen molar-refractivity contribution in [2.24, 2.45) is 0 Å². The number of halogens is 1. The van der Waals surface area contributed by atoms with E-state index in [1.54, 1.807) is 0 Å². The van der Waals surface area contributed by atoms with Crippen LogP contribution in [0.4, 0.5) is 0 Å². The van der Waals surface area contributed by atoms with E-state index in [0.29, 0.717) is 0 Å². The predicted octanol–water partition coefficient (Wildman–Crippen LogP) is 3.79. The van der Waals surface area contributed by atoms with Crippen LogP contribution < -0.4 is 0 Å². The molecule has 0 amide bonds. The Morgan fingerprint density at radius 2 is 2.14 bits per heavy atom. The monoisotopic (exact) mass is 269 g/mol. The first-order valence-electron chi connectivity index (χ1n) is 4.67. The molecule has 0 aliphatic carbocycles. The highest BCUT2D eigenvalue weighted by atomic mass is 79.9. The fraction of sp³-hybridized carbons (Fsp3) is 0.273. The molecule has 0 aliphatic rings. The van der Waals surface area contributed by atoms with Gasteiger partial charge in [0.1, 0.15) is 0 Å². The number of fused-ring (bicyclic) bond motifs is 1. The normalized spacial score (nSPS) is 11.0. The van der Waals surface area contributed by atoms with Gasteiger partial charge in [0.15, 0.2) is 0 Å². The van der Waals surface area contributed by atoms with Gasteiger partial charge in [-0.05, 0) is 42.9 Å². The first kappa shape index (κ1) is 10.1. The summed E-state index contributed by atoms with van der Waals surface area (Å²) in [5, 5.41) is 1.27. The lowest BCUT2D eigenvalue weighted by atomic mass is 10.2. The molecule has 3 heteroatoms. The largest absolute Gasteiger partial charge is 0.358 e. The topological polar surface area (TPSA) is 15.8 Å². The molecule has 0 unspecified atom stereocenters. The quantitative estimate of drug-likeness (QED) is 0.789. The van der Waals surface area contributed by atoms with E-state index >= 15 is 0 Å². The van der Waals surface area contributed by atoms with E-state index in [-0.39, 0.29) is 0 Å². The van der Waals surface area contributed by atoms with Crippen molar-refractivity contribution in [3.63, 3.8) is 0 Å². The minimum absolute atomic E-state index is 0.944. The SMILES string of the molecule is SCCCc1cc2cc(Br)ccc2[nH]1. The van der Waals surface area contributed by atoms with Crippen molar-refractivity contribution in [1.29, 1.82) is 0 Å². The van der Waals surface area contributed by atoms with E-state index in [1.807, 2.05) is 0 Å². The van der Waals surface area contributed by atoms with E-state index in [4.69, 9.17) is 0 Å². The van der Waals surface area contributed by atoms with Crippen LogP contribution >= 0.6 is 28.6 Å². The van der Waals surface area contributed by atoms with Gasteiger partial charge < -0.3 is 4.98 Å². The zero-order valence-corrected chi connectivity index (χ0v) is 10.2. The molecule has 0 radical (unpaired) electrons. The molecule has 1 N–H and O–H groups in total. The van der Waals surface area contributed by atoms with Gasteiger partial charge in [-0.15, -0.1) is 0 Å². The summed E-state index contributed by atoms with van der Waals surface area (Å²) in [5.41, 5.74) is 2.51. The van der Waals surface area contributed by atoms with Crippen molar-refractivity contribution >= 4 is 39.5 Å². The third-order valence-corrected chi connectivity index (χ3v) is 3.05. The highest BCUT2D eigenvalue weighted by Crippen LogP contribution is 2.20. The summed E-state index contributed by atoms with van der Waals surface area (Å²) in [5.74, 6) is 0.944. The number of hydrogen-bond acceptors (Lipinski definition) is 1. The first-order valence-corrected chi connectivity index (χ1v) is 6.10. The maximum absolute atomic E-state index is 4.21. The number of nitrogens with one attached hydrogen (secondary N) is 1. The average molecular weight is 270 g/mol. The Labute approximate surface area is 97.4 Å². The van der Waals surface area contributed by atoms with Crippen molar-refractivity contribution in [2.75, 3.05) is 5.75 Å². The number of rotatable bonds is 3. The minimum atomic E-state index is 0.944. The third-order valence-electron chi connectivity index (χ3n) is 2.24. The van der Waals surface area contributed by atoms with Gasteiger partial charge in [0.05, 0.1) is 0 Å². The minimum Gasteiger partial charge on any atom is -0.358 e. The molecule has 0 saturated heterocycles. The van der Waals surface area contributed by atoms with Gasteiger partial charge in [0.2, 0.25) is 0 Å². The maximum atomic E-state index is 4.21. The number of aromatic nitrogens is 1. The average Bonchev–Trinajstić information content (AvgIpc) is 2.56. The van der Waals surface area contributed by atoms with Gasteiger partial charge in [-0.3, -0.25) is 0 Å². The molecule has 0 fully saturated rings. The van der Waals surface area contributed by atoms with Crippen LogP contribution in [0.15, 0.2) is 28.7 Å². The van der Waals surface area contributed by atoms with Gasteiger partial charge in [-0.1, -0.05) is 15.9 Å². The summed E-state index contributed by atoms with van der Waals surface area (Å²) in [6.45, 7) is 0. The molecule has 1 nitrogen and oxygen atoms in total. The van der Waals surface area contributed by atoms with Crippen molar-refractivity contribution in [3.8, 4) is 0 Å². The molecule has 1 aromatic carbocycles. The van der Waals surface area contributed by atoms with E-state index in [1.165, 1.54) is 16.6 Å². The van der Waals surface area contributed by atoms with Crippen molar-refractivity contribution in [3.05, 3.63) is 34.4 Å². The number of thiol groups is 1. The molecule has 0 bridgehead atoms. The Hall–Kier alpha value is -0.410. The number of hydrogen-bond donors (Lipinski definition) is 2. The fourth-order valence-electron chi connectivity index (χ4n) is 1.57. The highest BCUT2D eigenvalue weighted by molar-refractivity contribution is 9.10. The summed E-state index contributed by atoms with van der Waals surface area (Å²) >= 11 is 7.68. The summed E-state index contributed by atoms with van der Waals surface area (Å²) in [7, 11) is 0. The van der Waals surface area contributed by atoms with Crippen LogP contribution in [-0.2, 0) is 6.42 Å². The van der Waals surface area contributed by atoms with Crippen molar-refractivity contribution in [2.45, 2.75) is 12.8 Å². The summed E-state index contributed by atoms with van der Waals surface area (Å²) < 4.78 is 1.13. The maximum Gasteiger partial charge on any atom is 0.0456 e. The number of H-pyrrole nitrogens is 1. The lowest BCUT2D eigenvalue weighted by Gasteiger charge is -1.92. The second-order valence-electron chi connectivity index (χ2n) is 3.35. The smallest absolute Gasteiger partial charge is 0.0456 e. The zero-order valence-electron chi connectivity index (χ0n) is 7.76. The van der Waals surface area contributed by atoms with E-state index in [9.17, 15) is 0 Å². The van der Waals surface area contributed by atoms with Crippen LogP contribution in [0.2, 0.25) is 0 Å². The Kier molecular flexibility index (Phi) is 3.19. The highest BCUT2D eigenvalue weighted by Gasteiger charge is 2.00. The second kappa shape index (κ2) is 4.41. The molecule has 14 heavy (non-hydrogen) atoms. The van der Waals surface area contributed by atoms with Crippen LogP contribution in [0.5, 0.6) is 0 Å². The van der Waals surface area contributed by atoms with Gasteiger partial charge in [-0.25, -0.2) is 0 Å². The molecule has 74 valence electrons. The van der Waals surface area contributed by atoms with Crippen LogP contribution in [0.3, 0.4) is 0 Å². The molecule has 0 spiro atoms. The molecule has 1 heterocycles. The predicted molar refractivity (Wildman–Crippen MR) is 68.2 cm³/mol. The molecule has 0 saturated carbocycles. The number of benzene rings is 1. The fourth-order valence-corrected chi connectivity index (χ4v) is 2.10. The molecule has 2 aromatic rings. The Morgan fingerprint density at radius 3 is 2.93 bits per heavy atom. The van der Waals surface area contributed by atoms with Gasteiger partial charge in [0.25, 0.3) is 0 Å². The molecule has 0 aliphatic heterocycles. The number of aryl methyl sites for hydroxylation is 1. The van der Waals surface area contributed by atoms with Gasteiger partial charge in [-0.2, -0.15) is 12.6 Å². The van der Waals surface area contributed by atoms with Crippen LogP contribution in [0, 0.1) is 0 Å². The Bertz CT molecular complexity index is 436. The molecular formula is C11H12BrNS. The summed E-state index contributed by atoms with van der Waals surface area (Å²) in [6.07, 6.45) is 2.20. The van der Waals surface area contributed by atoms with E-state index < -0.39 is 0 Å². The van der Waals surface area contributed by atoms with Crippen LogP contribution in [-0.4, -0.2) is 10.7 Å². The zero-order chi connectivity index (χ0) is 9.97. The third kappa shape index (κ3) is 2.15. The number of aromatic amines is 1. The van der Waals surface area contributed by atoms with Crippen molar-refractivity contribution < 1.29 is 0 Å². The van der Waals surface area contributed by atoms with Gasteiger partial charge in [0, 0.05) is 21.1 Å². The Balaban J connectivity index is 2.32.